The van der Waals surface area contributed by atoms with E-state index in [1.54, 1.807) is 0 Å². The molecule has 0 radical (unpaired) electrons. The van der Waals surface area contributed by atoms with Gasteiger partial charge in [-0.1, -0.05) is 13.3 Å². The second kappa shape index (κ2) is 17.9. The number of halogens is 1. The Morgan fingerprint density at radius 3 is 1.83 bits per heavy atom. The molecule has 0 bridgehead atoms. The van der Waals surface area contributed by atoms with Crippen LogP contribution in [0.5, 0.6) is 0 Å². The van der Waals surface area contributed by atoms with Gasteiger partial charge in [-0.25, -0.2) is 0 Å². The summed E-state index contributed by atoms with van der Waals surface area (Å²) in [6.07, 6.45) is 7.14. The minimum Gasteiger partial charge on any atom is -0.343 e. The van der Waals surface area contributed by atoms with Gasteiger partial charge >= 0.3 is 23.1 Å². The fourth-order valence-corrected chi connectivity index (χ4v) is 0.678. The third-order valence-electron chi connectivity index (χ3n) is 1.40. The van der Waals surface area contributed by atoms with E-state index in [1.807, 2.05) is 0 Å². The Bertz CT molecular complexity index is 45.0. The Hall–Kier alpha value is 1.02. The molecule has 0 saturated carbocycles. The largest absolute Gasteiger partial charge is 2.00 e. The van der Waals surface area contributed by atoms with Crippen LogP contribution < -0.4 is 5.32 Å². The van der Waals surface area contributed by atoms with Crippen molar-refractivity contribution in [1.29, 1.82) is 0 Å². The zero-order chi connectivity index (χ0) is 7.66. The second-order valence-electron chi connectivity index (χ2n) is 2.47. The van der Waals surface area contributed by atoms with Crippen molar-refractivity contribution in [3.63, 3.8) is 0 Å². The molecule has 1 rings (SSSR count). The summed E-state index contributed by atoms with van der Waals surface area (Å²) in [6, 6.07) is 0. The van der Waals surface area contributed by atoms with E-state index < -0.39 is 0 Å². The Morgan fingerprint density at radius 1 is 1.33 bits per heavy atom. The average Bonchev–Trinajstić information content (AvgIpc) is 2.08. The summed E-state index contributed by atoms with van der Waals surface area (Å²) in [5, 5.41) is 3.25. The summed E-state index contributed by atoms with van der Waals surface area (Å²) in [4.78, 5) is 0. The minimum absolute atomic E-state index is 0. The zero-order valence-corrected chi connectivity index (χ0v) is 10.4. The van der Waals surface area contributed by atoms with Crippen LogP contribution in [0.15, 0.2) is 0 Å². The number of unbranched alkanes of at least 4 members (excludes halogenated alkanes) is 1. The van der Waals surface area contributed by atoms with E-state index in [4.69, 9.17) is 0 Å². The standard InChI is InChI=1S/C5H10N.C4H9.ClH.Mg/c1-2-4-6-5-3-1;1-3-4-2;;/h1,6H,2-5H2;1,3-4H2,2H3;1H;/q2*-1;;+2. The first-order valence-corrected chi connectivity index (χ1v) is 4.23. The number of piperidine rings is 1. The fourth-order valence-electron chi connectivity index (χ4n) is 0.678. The van der Waals surface area contributed by atoms with Crippen molar-refractivity contribution in [1.82, 2.24) is 5.32 Å². The van der Waals surface area contributed by atoms with Gasteiger partial charge in [0, 0.05) is 0 Å². The fraction of sp³-hybridized carbons (Fsp3) is 0.778. The summed E-state index contributed by atoms with van der Waals surface area (Å²) in [7, 11) is 0. The van der Waals surface area contributed by atoms with Gasteiger partial charge in [-0.3, -0.25) is 0 Å². The van der Waals surface area contributed by atoms with Gasteiger partial charge in [-0.15, -0.1) is 12.4 Å². The van der Waals surface area contributed by atoms with E-state index in [1.165, 1.54) is 32.4 Å². The molecular formula is C9H20ClMgN. The number of hydrogen-bond acceptors (Lipinski definition) is 1. The van der Waals surface area contributed by atoms with Crippen LogP contribution in [0.2, 0.25) is 0 Å². The van der Waals surface area contributed by atoms with Crippen LogP contribution in [-0.2, 0) is 0 Å². The van der Waals surface area contributed by atoms with Crippen LogP contribution in [0.4, 0.5) is 0 Å². The molecular weight excluding hydrogens is 182 g/mol. The molecule has 0 atom stereocenters. The Labute approximate surface area is 99.6 Å². The molecule has 1 N–H and O–H groups in total. The van der Waals surface area contributed by atoms with Crippen molar-refractivity contribution in [2.24, 2.45) is 0 Å². The van der Waals surface area contributed by atoms with Crippen molar-refractivity contribution in [3.05, 3.63) is 13.3 Å². The quantitative estimate of drug-likeness (QED) is 0.507. The van der Waals surface area contributed by atoms with Crippen LogP contribution in [-0.4, -0.2) is 36.1 Å². The molecule has 1 nitrogen and oxygen atoms in total. The molecule has 0 aromatic carbocycles. The molecule has 0 aromatic heterocycles. The minimum atomic E-state index is 0. The van der Waals surface area contributed by atoms with Crippen molar-refractivity contribution in [2.45, 2.75) is 32.6 Å². The van der Waals surface area contributed by atoms with Crippen LogP contribution >= 0.6 is 12.4 Å². The molecule has 1 saturated heterocycles. The Kier molecular flexibility index (Phi) is 28.0. The monoisotopic (exact) mass is 201 g/mol. The average molecular weight is 202 g/mol. The number of nitrogens with one attached hydrogen (secondary N) is 1. The smallest absolute Gasteiger partial charge is 0.343 e. The van der Waals surface area contributed by atoms with Gasteiger partial charge in [0.2, 0.25) is 0 Å². The van der Waals surface area contributed by atoms with Gasteiger partial charge < -0.3 is 18.7 Å². The van der Waals surface area contributed by atoms with E-state index >= 15 is 0 Å². The molecule has 0 amide bonds. The van der Waals surface area contributed by atoms with E-state index in [0.29, 0.717) is 0 Å². The predicted octanol–water partition coefficient (Wildman–Crippen LogP) is 2.24. The first-order valence-electron chi connectivity index (χ1n) is 4.23. The molecule has 0 aliphatic carbocycles. The molecule has 1 heterocycles. The molecule has 70 valence electrons. The van der Waals surface area contributed by atoms with Crippen LogP contribution in [0, 0.1) is 13.3 Å². The van der Waals surface area contributed by atoms with Crippen molar-refractivity contribution in [3.8, 4) is 0 Å². The maximum atomic E-state index is 3.60. The third-order valence-corrected chi connectivity index (χ3v) is 1.40. The van der Waals surface area contributed by atoms with E-state index in [-0.39, 0.29) is 35.5 Å². The summed E-state index contributed by atoms with van der Waals surface area (Å²) < 4.78 is 0. The summed E-state index contributed by atoms with van der Waals surface area (Å²) in [5.74, 6) is 0. The predicted molar refractivity (Wildman–Crippen MR) is 59.7 cm³/mol. The summed E-state index contributed by atoms with van der Waals surface area (Å²) >= 11 is 0. The second-order valence-corrected chi connectivity index (χ2v) is 2.47. The van der Waals surface area contributed by atoms with Gasteiger partial charge in [0.1, 0.15) is 0 Å². The molecule has 0 unspecified atom stereocenters. The first-order chi connectivity index (χ1) is 4.91. The molecule has 0 spiro atoms. The van der Waals surface area contributed by atoms with Crippen molar-refractivity contribution < 1.29 is 0 Å². The van der Waals surface area contributed by atoms with Crippen molar-refractivity contribution >= 4 is 35.5 Å². The molecule has 3 heteroatoms. The maximum Gasteiger partial charge on any atom is 2.00 e. The van der Waals surface area contributed by atoms with Gasteiger partial charge in [-0.2, -0.15) is 19.3 Å². The zero-order valence-electron chi connectivity index (χ0n) is 8.14. The maximum absolute atomic E-state index is 3.60. The van der Waals surface area contributed by atoms with E-state index in [0.717, 1.165) is 6.42 Å². The normalized spacial score (nSPS) is 14.5. The van der Waals surface area contributed by atoms with Crippen LogP contribution in [0.3, 0.4) is 0 Å². The van der Waals surface area contributed by atoms with Gasteiger partial charge in [0.25, 0.3) is 0 Å². The van der Waals surface area contributed by atoms with E-state index in [2.05, 4.69) is 25.6 Å². The molecule has 0 aromatic rings. The molecule has 1 aliphatic heterocycles. The van der Waals surface area contributed by atoms with Crippen LogP contribution in [0.1, 0.15) is 32.6 Å². The van der Waals surface area contributed by atoms with Gasteiger partial charge in [0.15, 0.2) is 0 Å². The molecule has 12 heavy (non-hydrogen) atoms. The summed E-state index contributed by atoms with van der Waals surface area (Å²) in [5.41, 5.74) is 0. The van der Waals surface area contributed by atoms with Crippen molar-refractivity contribution in [2.75, 3.05) is 13.1 Å². The molecule has 1 fully saturated rings. The molecule has 1 aliphatic rings. The summed E-state index contributed by atoms with van der Waals surface area (Å²) in [6.45, 7) is 8.11. The van der Waals surface area contributed by atoms with Gasteiger partial charge in [0.05, 0.1) is 0 Å². The van der Waals surface area contributed by atoms with Crippen LogP contribution in [0.25, 0.3) is 0 Å². The van der Waals surface area contributed by atoms with Gasteiger partial charge in [-0.05, 0) is 13.1 Å². The Balaban J connectivity index is -0.000000124. The van der Waals surface area contributed by atoms with E-state index in [9.17, 15) is 0 Å². The number of rotatable bonds is 1. The third kappa shape index (κ3) is 17.2. The first kappa shape index (κ1) is 18.7. The number of hydrogen-bond donors (Lipinski definition) is 1. The SMILES string of the molecule is Cl.[CH-]1CCNCC1.[CH2-]CCC.[Mg+2]. The Morgan fingerprint density at radius 2 is 1.75 bits per heavy atom. The topological polar surface area (TPSA) is 12.0 Å².